The van der Waals surface area contributed by atoms with Gasteiger partial charge in [0.05, 0.1) is 4.90 Å². The average Bonchev–Trinajstić information content (AvgIpc) is 3.15. The molecule has 1 aliphatic heterocycles. The molecular weight excluding hydrogens is 373 g/mol. The number of benzene rings is 1. The van der Waals surface area contributed by atoms with Gasteiger partial charge in [-0.15, -0.1) is 0 Å². The van der Waals surface area contributed by atoms with Crippen LogP contribution in [0.5, 0.6) is 0 Å². The van der Waals surface area contributed by atoms with Crippen LogP contribution < -0.4 is 10.9 Å². The van der Waals surface area contributed by atoms with E-state index in [4.69, 9.17) is 0 Å². The number of aromatic nitrogens is 1. The van der Waals surface area contributed by atoms with Crippen LogP contribution in [0.3, 0.4) is 0 Å². The molecule has 0 spiro atoms. The third-order valence-electron chi connectivity index (χ3n) is 4.45. The maximum atomic E-state index is 13.3. The molecule has 1 aromatic carbocycles. The van der Waals surface area contributed by atoms with Gasteiger partial charge >= 0.3 is 0 Å². The first kappa shape index (κ1) is 19.2. The second-order valence-electron chi connectivity index (χ2n) is 6.45. The quantitative estimate of drug-likeness (QED) is 0.838. The maximum Gasteiger partial charge on any atom is 0.251 e. The summed E-state index contributed by atoms with van der Waals surface area (Å²) in [5, 5.41) is 2.54. The van der Waals surface area contributed by atoms with Gasteiger partial charge in [0.2, 0.25) is 15.9 Å². The summed E-state index contributed by atoms with van der Waals surface area (Å²) in [5.41, 5.74) is 0.470. The largest absolute Gasteiger partial charge is 0.324 e. The number of aryl methyl sites for hydroxylation is 1. The molecule has 7 nitrogen and oxygen atoms in total. The molecule has 0 bridgehead atoms. The molecule has 0 atom stereocenters. The van der Waals surface area contributed by atoms with Gasteiger partial charge in [-0.25, -0.2) is 12.8 Å². The molecule has 9 heteroatoms. The number of hydrogen-bond donors (Lipinski definition) is 1. The Morgan fingerprint density at radius 2 is 1.89 bits per heavy atom. The van der Waals surface area contributed by atoms with Gasteiger partial charge < -0.3 is 9.88 Å². The molecule has 1 N–H and O–H groups in total. The molecule has 27 heavy (non-hydrogen) atoms. The summed E-state index contributed by atoms with van der Waals surface area (Å²) in [5.74, 6) is -1.05. The third-order valence-corrected chi connectivity index (χ3v) is 6.33. The molecule has 1 amide bonds. The number of carbonyl (C=O) groups excluding carboxylic acids is 1. The smallest absolute Gasteiger partial charge is 0.251 e. The lowest BCUT2D eigenvalue weighted by Crippen LogP contribution is -2.31. The number of amides is 1. The van der Waals surface area contributed by atoms with Crippen molar-refractivity contribution in [2.45, 2.75) is 31.2 Å². The van der Waals surface area contributed by atoms with Crippen molar-refractivity contribution in [2.75, 3.05) is 18.4 Å². The molecule has 3 rings (SSSR count). The highest BCUT2D eigenvalue weighted by Crippen LogP contribution is 2.20. The van der Waals surface area contributed by atoms with Crippen molar-refractivity contribution < 1.29 is 17.6 Å². The molecule has 2 aromatic rings. The number of nitrogens with one attached hydrogen (secondary N) is 1. The summed E-state index contributed by atoms with van der Waals surface area (Å²) in [7, 11) is -3.69. The van der Waals surface area contributed by atoms with Crippen LogP contribution in [0.15, 0.2) is 46.2 Å². The highest BCUT2D eigenvalue weighted by atomic mass is 32.2. The van der Waals surface area contributed by atoms with Crippen LogP contribution in [0, 0.1) is 12.7 Å². The van der Waals surface area contributed by atoms with E-state index in [2.05, 4.69) is 5.32 Å². The average molecular weight is 393 g/mol. The number of sulfonamides is 1. The van der Waals surface area contributed by atoms with Gasteiger partial charge in [0.25, 0.3) is 5.56 Å². The number of rotatable bonds is 5. The van der Waals surface area contributed by atoms with E-state index in [0.717, 1.165) is 23.5 Å². The molecule has 144 valence electrons. The van der Waals surface area contributed by atoms with Gasteiger partial charge in [-0.2, -0.15) is 4.31 Å². The van der Waals surface area contributed by atoms with Gasteiger partial charge in [-0.05, 0) is 43.5 Å². The normalized spacial score (nSPS) is 15.0. The summed E-state index contributed by atoms with van der Waals surface area (Å²) < 4.78 is 41.0. The summed E-state index contributed by atoms with van der Waals surface area (Å²) in [6.07, 6.45) is 2.77. The molecule has 0 unspecified atom stereocenters. The minimum Gasteiger partial charge on any atom is -0.324 e. The fourth-order valence-corrected chi connectivity index (χ4v) is 4.47. The number of hydrogen-bond acceptors (Lipinski definition) is 4. The number of pyridine rings is 1. The van der Waals surface area contributed by atoms with Crippen LogP contribution in [0.25, 0.3) is 0 Å². The summed E-state index contributed by atoms with van der Waals surface area (Å²) in [4.78, 5) is 24.3. The van der Waals surface area contributed by atoms with Gasteiger partial charge in [0.1, 0.15) is 12.4 Å². The molecule has 1 saturated heterocycles. The number of carbonyl (C=O) groups is 1. The lowest BCUT2D eigenvalue weighted by molar-refractivity contribution is -0.116. The van der Waals surface area contributed by atoms with Gasteiger partial charge in [-0.3, -0.25) is 9.59 Å². The van der Waals surface area contributed by atoms with E-state index in [1.54, 1.807) is 6.92 Å². The van der Waals surface area contributed by atoms with Crippen LogP contribution in [-0.4, -0.2) is 36.3 Å². The monoisotopic (exact) mass is 393 g/mol. The van der Waals surface area contributed by atoms with Crippen molar-refractivity contribution in [1.29, 1.82) is 0 Å². The van der Waals surface area contributed by atoms with E-state index >= 15 is 0 Å². The van der Waals surface area contributed by atoms with E-state index in [-0.39, 0.29) is 11.4 Å². The highest BCUT2D eigenvalue weighted by Gasteiger charge is 2.27. The zero-order valence-electron chi connectivity index (χ0n) is 14.8. The third kappa shape index (κ3) is 4.25. The Bertz CT molecular complexity index is 1030. The van der Waals surface area contributed by atoms with Gasteiger partial charge in [0.15, 0.2) is 0 Å². The maximum absolute atomic E-state index is 13.3. The standard InChI is InChI=1S/C18H20FN3O4S/c1-13-4-5-14(19)10-16(13)20-17(23)12-21-11-15(6-7-18(21)24)27(25,26)22-8-2-3-9-22/h4-7,10-11H,2-3,8-9,12H2,1H3,(H,20,23). The first-order chi connectivity index (χ1) is 12.8. The summed E-state index contributed by atoms with van der Waals surface area (Å²) in [6.45, 7) is 2.23. The highest BCUT2D eigenvalue weighted by molar-refractivity contribution is 7.89. The van der Waals surface area contributed by atoms with Crippen LogP contribution in [0.4, 0.5) is 10.1 Å². The van der Waals surface area contributed by atoms with Crippen LogP contribution in [0.2, 0.25) is 0 Å². The topological polar surface area (TPSA) is 88.5 Å². The van der Waals surface area contributed by atoms with Crippen molar-refractivity contribution in [3.05, 3.63) is 58.3 Å². The molecule has 1 aliphatic rings. The van der Waals surface area contributed by atoms with E-state index in [1.807, 2.05) is 0 Å². The Kier molecular flexibility index (Phi) is 5.43. The van der Waals surface area contributed by atoms with E-state index in [0.29, 0.717) is 24.3 Å². The first-order valence-electron chi connectivity index (χ1n) is 8.54. The molecular formula is C18H20FN3O4S. The fraction of sp³-hybridized carbons (Fsp3) is 0.333. The molecule has 1 fully saturated rings. The summed E-state index contributed by atoms with van der Waals surface area (Å²) >= 11 is 0. The minimum atomic E-state index is -3.69. The lowest BCUT2D eigenvalue weighted by atomic mass is 10.2. The SMILES string of the molecule is Cc1ccc(F)cc1NC(=O)Cn1cc(S(=O)(=O)N2CCCC2)ccc1=O. The first-order valence-corrected chi connectivity index (χ1v) is 9.98. The fourth-order valence-electron chi connectivity index (χ4n) is 2.94. The summed E-state index contributed by atoms with van der Waals surface area (Å²) in [6, 6.07) is 6.37. The van der Waals surface area contributed by atoms with Crippen molar-refractivity contribution in [2.24, 2.45) is 0 Å². The Morgan fingerprint density at radius 1 is 1.19 bits per heavy atom. The zero-order chi connectivity index (χ0) is 19.6. The van der Waals surface area contributed by atoms with Crippen molar-refractivity contribution >= 4 is 21.6 Å². The Morgan fingerprint density at radius 3 is 2.59 bits per heavy atom. The second-order valence-corrected chi connectivity index (χ2v) is 8.39. The van der Waals surface area contributed by atoms with Crippen molar-refractivity contribution in [1.82, 2.24) is 8.87 Å². The molecule has 0 radical (unpaired) electrons. The molecule has 1 aromatic heterocycles. The van der Waals surface area contributed by atoms with Crippen LogP contribution >= 0.6 is 0 Å². The van der Waals surface area contributed by atoms with Crippen molar-refractivity contribution in [3.63, 3.8) is 0 Å². The second kappa shape index (κ2) is 7.61. The van der Waals surface area contributed by atoms with Gasteiger partial charge in [-0.1, -0.05) is 6.07 Å². The Balaban J connectivity index is 1.81. The zero-order valence-corrected chi connectivity index (χ0v) is 15.6. The van der Waals surface area contributed by atoms with Crippen LogP contribution in [0.1, 0.15) is 18.4 Å². The predicted molar refractivity (Wildman–Crippen MR) is 98.5 cm³/mol. The van der Waals surface area contributed by atoms with E-state index in [1.165, 1.54) is 34.8 Å². The lowest BCUT2D eigenvalue weighted by Gasteiger charge is -2.16. The van der Waals surface area contributed by atoms with Crippen molar-refractivity contribution in [3.8, 4) is 0 Å². The van der Waals surface area contributed by atoms with Gasteiger partial charge in [0, 0.05) is 31.0 Å². The minimum absolute atomic E-state index is 0.0289. The van der Waals surface area contributed by atoms with E-state index < -0.39 is 27.3 Å². The number of nitrogens with zero attached hydrogens (tertiary/aromatic N) is 2. The Hall–Kier alpha value is -2.52. The predicted octanol–water partition coefficient (Wildman–Crippen LogP) is 1.72. The Labute approximate surface area is 156 Å². The number of halogens is 1. The van der Waals surface area contributed by atoms with Crippen LogP contribution in [-0.2, 0) is 21.4 Å². The number of anilines is 1. The molecule has 2 heterocycles. The van der Waals surface area contributed by atoms with E-state index in [9.17, 15) is 22.4 Å². The molecule has 0 saturated carbocycles. The molecule has 0 aliphatic carbocycles.